The molecule has 2 N–H and O–H groups in total. The zero-order valence-electron chi connectivity index (χ0n) is 10.1. The van der Waals surface area contributed by atoms with Gasteiger partial charge in [-0.2, -0.15) is 5.26 Å². The second-order valence-electron chi connectivity index (χ2n) is 3.81. The highest BCUT2D eigenvalue weighted by Crippen LogP contribution is 2.02. The molecular formula is C13H16FN3O. The summed E-state index contributed by atoms with van der Waals surface area (Å²) in [4.78, 5) is 11.2. The molecule has 0 heterocycles. The van der Waals surface area contributed by atoms with Gasteiger partial charge in [-0.25, -0.2) is 4.39 Å². The number of hydrogen-bond acceptors (Lipinski definition) is 3. The van der Waals surface area contributed by atoms with E-state index in [1.54, 1.807) is 12.1 Å². The highest BCUT2D eigenvalue weighted by atomic mass is 19.1. The summed E-state index contributed by atoms with van der Waals surface area (Å²) >= 11 is 0. The largest absolute Gasteiger partial charge is 0.354 e. The van der Waals surface area contributed by atoms with Crippen LogP contribution in [0.2, 0.25) is 0 Å². The van der Waals surface area contributed by atoms with E-state index in [2.05, 4.69) is 10.6 Å². The molecule has 0 aliphatic rings. The summed E-state index contributed by atoms with van der Waals surface area (Å²) in [7, 11) is 0. The normalized spacial score (nSPS) is 9.78. The molecule has 0 spiro atoms. The Morgan fingerprint density at radius 2 is 2.00 bits per heavy atom. The predicted octanol–water partition coefficient (Wildman–Crippen LogP) is 0.988. The number of nitrogens with zero attached hydrogens (tertiary/aromatic N) is 1. The first kappa shape index (κ1) is 14.1. The fraction of sp³-hybridized carbons (Fsp3) is 0.385. The van der Waals surface area contributed by atoms with E-state index in [0.29, 0.717) is 19.5 Å². The van der Waals surface area contributed by atoms with Crippen molar-refractivity contribution >= 4 is 5.91 Å². The summed E-state index contributed by atoms with van der Waals surface area (Å²) < 4.78 is 12.6. The third-order valence-corrected chi connectivity index (χ3v) is 2.35. The van der Waals surface area contributed by atoms with E-state index in [1.165, 1.54) is 12.1 Å². The van der Waals surface area contributed by atoms with Crippen molar-refractivity contribution in [3.8, 4) is 6.07 Å². The highest BCUT2D eigenvalue weighted by Gasteiger charge is 1.99. The van der Waals surface area contributed by atoms with Crippen molar-refractivity contribution in [3.63, 3.8) is 0 Å². The number of benzene rings is 1. The SMILES string of the molecule is N#CCCNC(=O)CNCCc1ccc(F)cc1. The van der Waals surface area contributed by atoms with Gasteiger partial charge in [0, 0.05) is 6.54 Å². The van der Waals surface area contributed by atoms with E-state index in [9.17, 15) is 9.18 Å². The maximum absolute atomic E-state index is 12.6. The second kappa shape index (κ2) is 8.20. The van der Waals surface area contributed by atoms with Crippen LogP contribution in [0.5, 0.6) is 0 Å². The Morgan fingerprint density at radius 1 is 1.28 bits per heavy atom. The first-order valence-corrected chi connectivity index (χ1v) is 5.81. The summed E-state index contributed by atoms with van der Waals surface area (Å²) in [5.74, 6) is -0.368. The van der Waals surface area contributed by atoms with Crippen molar-refractivity contribution < 1.29 is 9.18 Å². The smallest absolute Gasteiger partial charge is 0.233 e. The van der Waals surface area contributed by atoms with Gasteiger partial charge in [-0.15, -0.1) is 0 Å². The van der Waals surface area contributed by atoms with Gasteiger partial charge in [0.25, 0.3) is 0 Å². The molecule has 0 atom stereocenters. The van der Waals surface area contributed by atoms with Crippen LogP contribution < -0.4 is 10.6 Å². The number of amides is 1. The number of hydrogen-bond donors (Lipinski definition) is 2. The predicted molar refractivity (Wildman–Crippen MR) is 66.2 cm³/mol. The first-order chi connectivity index (χ1) is 8.72. The maximum atomic E-state index is 12.6. The minimum Gasteiger partial charge on any atom is -0.354 e. The van der Waals surface area contributed by atoms with Gasteiger partial charge in [0.2, 0.25) is 5.91 Å². The van der Waals surface area contributed by atoms with Crippen LogP contribution in [-0.2, 0) is 11.2 Å². The number of carbonyl (C=O) groups is 1. The molecule has 1 aromatic carbocycles. The number of rotatable bonds is 7. The van der Waals surface area contributed by atoms with Gasteiger partial charge in [-0.05, 0) is 30.7 Å². The Balaban J connectivity index is 2.09. The molecule has 1 amide bonds. The molecule has 96 valence electrons. The van der Waals surface area contributed by atoms with Crippen LogP contribution in [0.15, 0.2) is 24.3 Å². The molecule has 1 rings (SSSR count). The fourth-order valence-corrected chi connectivity index (χ4v) is 1.41. The van der Waals surface area contributed by atoms with Gasteiger partial charge in [0.05, 0.1) is 19.0 Å². The third-order valence-electron chi connectivity index (χ3n) is 2.35. The fourth-order valence-electron chi connectivity index (χ4n) is 1.41. The first-order valence-electron chi connectivity index (χ1n) is 5.81. The van der Waals surface area contributed by atoms with E-state index >= 15 is 0 Å². The lowest BCUT2D eigenvalue weighted by atomic mass is 10.1. The third kappa shape index (κ3) is 5.97. The zero-order valence-corrected chi connectivity index (χ0v) is 10.1. The lowest BCUT2D eigenvalue weighted by molar-refractivity contribution is -0.120. The molecule has 0 aromatic heterocycles. The van der Waals surface area contributed by atoms with Crippen molar-refractivity contribution in [2.75, 3.05) is 19.6 Å². The average molecular weight is 249 g/mol. The van der Waals surface area contributed by atoms with Crippen molar-refractivity contribution in [1.82, 2.24) is 10.6 Å². The summed E-state index contributed by atoms with van der Waals surface area (Å²) in [5, 5.41) is 13.9. The monoisotopic (exact) mass is 249 g/mol. The molecular weight excluding hydrogens is 233 g/mol. The van der Waals surface area contributed by atoms with Crippen LogP contribution in [0.3, 0.4) is 0 Å². The van der Waals surface area contributed by atoms with Crippen LogP contribution in [0.25, 0.3) is 0 Å². The molecule has 0 saturated heterocycles. The molecule has 0 fully saturated rings. The molecule has 0 radical (unpaired) electrons. The standard InChI is InChI=1S/C13H16FN3O/c14-12-4-2-11(3-5-12)6-9-16-10-13(18)17-8-1-7-15/h2-5,16H,1,6,8-10H2,(H,17,18). The Morgan fingerprint density at radius 3 is 2.67 bits per heavy atom. The Kier molecular flexibility index (Phi) is 6.44. The van der Waals surface area contributed by atoms with Gasteiger partial charge in [-0.3, -0.25) is 4.79 Å². The molecule has 1 aromatic rings. The molecule has 0 unspecified atom stereocenters. The quantitative estimate of drug-likeness (QED) is 0.708. The van der Waals surface area contributed by atoms with Gasteiger partial charge in [0.1, 0.15) is 5.82 Å². The zero-order chi connectivity index (χ0) is 13.2. The molecule has 0 aliphatic heterocycles. The van der Waals surface area contributed by atoms with Crippen molar-refractivity contribution in [1.29, 1.82) is 5.26 Å². The Bertz CT molecular complexity index is 411. The van der Waals surface area contributed by atoms with Crippen LogP contribution in [0, 0.1) is 17.1 Å². The minimum atomic E-state index is -0.247. The van der Waals surface area contributed by atoms with Crippen molar-refractivity contribution in [2.45, 2.75) is 12.8 Å². The number of nitriles is 1. The van der Waals surface area contributed by atoms with Crippen molar-refractivity contribution in [3.05, 3.63) is 35.6 Å². The molecule has 18 heavy (non-hydrogen) atoms. The highest BCUT2D eigenvalue weighted by molar-refractivity contribution is 5.77. The molecule has 4 nitrogen and oxygen atoms in total. The van der Waals surface area contributed by atoms with Gasteiger partial charge in [-0.1, -0.05) is 12.1 Å². The Hall–Kier alpha value is -1.93. The summed E-state index contributed by atoms with van der Waals surface area (Å²) in [5.41, 5.74) is 1.02. The van der Waals surface area contributed by atoms with Gasteiger partial charge < -0.3 is 10.6 Å². The molecule has 0 bridgehead atoms. The lowest BCUT2D eigenvalue weighted by Crippen LogP contribution is -2.35. The Labute approximate surface area is 106 Å². The van der Waals surface area contributed by atoms with Crippen LogP contribution >= 0.6 is 0 Å². The number of halogens is 1. The van der Waals surface area contributed by atoms with Gasteiger partial charge in [0.15, 0.2) is 0 Å². The summed E-state index contributed by atoms with van der Waals surface area (Å²) in [6.07, 6.45) is 1.06. The minimum absolute atomic E-state index is 0.121. The second-order valence-corrected chi connectivity index (χ2v) is 3.81. The number of carbonyl (C=O) groups excluding carboxylic acids is 1. The summed E-state index contributed by atoms with van der Waals surface area (Å²) in [6, 6.07) is 8.24. The summed E-state index contributed by atoms with van der Waals surface area (Å²) in [6.45, 7) is 1.26. The van der Waals surface area contributed by atoms with Crippen LogP contribution in [-0.4, -0.2) is 25.5 Å². The van der Waals surface area contributed by atoms with Crippen LogP contribution in [0.4, 0.5) is 4.39 Å². The maximum Gasteiger partial charge on any atom is 0.233 e. The topological polar surface area (TPSA) is 64.9 Å². The molecule has 0 saturated carbocycles. The van der Waals surface area contributed by atoms with E-state index in [4.69, 9.17) is 5.26 Å². The van der Waals surface area contributed by atoms with E-state index < -0.39 is 0 Å². The lowest BCUT2D eigenvalue weighted by Gasteiger charge is -2.05. The number of nitrogens with one attached hydrogen (secondary N) is 2. The van der Waals surface area contributed by atoms with Crippen molar-refractivity contribution in [2.24, 2.45) is 0 Å². The van der Waals surface area contributed by atoms with E-state index in [1.807, 2.05) is 6.07 Å². The average Bonchev–Trinajstić information content (AvgIpc) is 2.37. The van der Waals surface area contributed by atoms with E-state index in [-0.39, 0.29) is 18.3 Å². The van der Waals surface area contributed by atoms with Crippen LogP contribution in [0.1, 0.15) is 12.0 Å². The molecule has 0 aliphatic carbocycles. The molecule has 5 heteroatoms. The van der Waals surface area contributed by atoms with Gasteiger partial charge >= 0.3 is 0 Å². The van der Waals surface area contributed by atoms with E-state index in [0.717, 1.165) is 12.0 Å².